The molecule has 2 aliphatic rings. The van der Waals surface area contributed by atoms with Gasteiger partial charge in [0, 0.05) is 25.2 Å². The SMILES string of the molecule is Cc1cc(O)c(CN2CCOCC2)c2c1C(=O)/C(=C/c1c(F)cccc1Cl)O2. The van der Waals surface area contributed by atoms with Crippen LogP contribution < -0.4 is 4.74 Å². The Balaban J connectivity index is 1.74. The predicted octanol–water partition coefficient (Wildman–Crippen LogP) is 3.94. The fraction of sp³-hybridized carbons (Fsp3) is 0.286. The second-order valence-electron chi connectivity index (χ2n) is 6.86. The van der Waals surface area contributed by atoms with Gasteiger partial charge in [-0.2, -0.15) is 0 Å². The lowest BCUT2D eigenvalue weighted by molar-refractivity contribution is 0.0336. The van der Waals surface area contributed by atoms with Crippen molar-refractivity contribution in [3.63, 3.8) is 0 Å². The largest absolute Gasteiger partial charge is 0.507 e. The summed E-state index contributed by atoms with van der Waals surface area (Å²) in [6.07, 6.45) is 1.31. The van der Waals surface area contributed by atoms with Gasteiger partial charge in [-0.05, 0) is 36.8 Å². The van der Waals surface area contributed by atoms with E-state index in [9.17, 15) is 14.3 Å². The van der Waals surface area contributed by atoms with Gasteiger partial charge < -0.3 is 14.6 Å². The van der Waals surface area contributed by atoms with Crippen LogP contribution in [-0.4, -0.2) is 42.1 Å². The monoisotopic (exact) mass is 403 g/mol. The van der Waals surface area contributed by atoms with Crippen molar-refractivity contribution >= 4 is 23.5 Å². The van der Waals surface area contributed by atoms with E-state index in [1.165, 1.54) is 18.2 Å². The molecule has 146 valence electrons. The molecule has 0 amide bonds. The quantitative estimate of drug-likeness (QED) is 0.786. The number of morpholine rings is 1. The summed E-state index contributed by atoms with van der Waals surface area (Å²) in [6, 6.07) is 5.87. The molecular weight excluding hydrogens is 385 g/mol. The van der Waals surface area contributed by atoms with Gasteiger partial charge in [-0.1, -0.05) is 17.7 Å². The number of aryl methyl sites for hydroxylation is 1. The zero-order valence-electron chi connectivity index (χ0n) is 15.3. The Kier molecular flexibility index (Phi) is 5.10. The fourth-order valence-electron chi connectivity index (χ4n) is 3.50. The number of Topliss-reactive ketones (excluding diaryl/α,β-unsaturated/α-hetero) is 1. The number of carbonyl (C=O) groups excluding carboxylic acids is 1. The molecule has 7 heteroatoms. The van der Waals surface area contributed by atoms with Gasteiger partial charge in [0.25, 0.3) is 0 Å². The second kappa shape index (κ2) is 7.54. The maximum absolute atomic E-state index is 14.1. The summed E-state index contributed by atoms with van der Waals surface area (Å²) in [7, 11) is 0. The van der Waals surface area contributed by atoms with Crippen LogP contribution in [0.25, 0.3) is 6.08 Å². The number of carbonyl (C=O) groups is 1. The van der Waals surface area contributed by atoms with Crippen molar-refractivity contribution in [2.24, 2.45) is 0 Å². The molecule has 0 aromatic heterocycles. The minimum atomic E-state index is -0.541. The topological polar surface area (TPSA) is 59.0 Å². The highest BCUT2D eigenvalue weighted by atomic mass is 35.5. The summed E-state index contributed by atoms with van der Waals surface area (Å²) < 4.78 is 25.3. The first-order chi connectivity index (χ1) is 13.5. The standard InChI is InChI=1S/C21H19ClFNO4/c1-12-9-17(25)14(11-24-5-7-27-8-6-24)21-19(12)20(26)18(28-21)10-13-15(22)3-2-4-16(13)23/h2-4,9-10,25H,5-8,11H2,1H3/b18-10-. The molecule has 0 spiro atoms. The molecule has 0 aliphatic carbocycles. The van der Waals surface area contributed by atoms with E-state index < -0.39 is 5.82 Å². The van der Waals surface area contributed by atoms with Crippen LogP contribution >= 0.6 is 11.6 Å². The van der Waals surface area contributed by atoms with Crippen molar-refractivity contribution in [1.29, 1.82) is 0 Å². The predicted molar refractivity (Wildman–Crippen MR) is 103 cm³/mol. The summed E-state index contributed by atoms with van der Waals surface area (Å²) in [5.74, 6) is -0.511. The molecule has 0 radical (unpaired) electrons. The zero-order chi connectivity index (χ0) is 19.8. The van der Waals surface area contributed by atoms with Gasteiger partial charge in [-0.3, -0.25) is 9.69 Å². The first kappa shape index (κ1) is 18.9. The smallest absolute Gasteiger partial charge is 0.232 e. The number of hydrogen-bond donors (Lipinski definition) is 1. The first-order valence-corrected chi connectivity index (χ1v) is 9.37. The zero-order valence-corrected chi connectivity index (χ0v) is 16.1. The highest BCUT2D eigenvalue weighted by Gasteiger charge is 2.34. The molecular formula is C21H19ClFNO4. The van der Waals surface area contributed by atoms with E-state index in [4.69, 9.17) is 21.1 Å². The number of halogens is 2. The third kappa shape index (κ3) is 3.39. The molecule has 4 rings (SSSR count). The van der Waals surface area contributed by atoms with Crippen molar-refractivity contribution in [3.05, 3.63) is 63.1 Å². The maximum atomic E-state index is 14.1. The Hall–Kier alpha value is -2.41. The summed E-state index contributed by atoms with van der Waals surface area (Å²) in [4.78, 5) is 15.0. The Morgan fingerprint density at radius 2 is 2.07 bits per heavy atom. The maximum Gasteiger partial charge on any atom is 0.232 e. The van der Waals surface area contributed by atoms with Crippen LogP contribution in [0.2, 0.25) is 5.02 Å². The molecule has 1 fully saturated rings. The highest BCUT2D eigenvalue weighted by molar-refractivity contribution is 6.32. The Morgan fingerprint density at radius 1 is 1.32 bits per heavy atom. The van der Waals surface area contributed by atoms with Crippen molar-refractivity contribution in [2.45, 2.75) is 13.5 Å². The molecule has 1 N–H and O–H groups in total. The van der Waals surface area contributed by atoms with Crippen LogP contribution in [0.5, 0.6) is 11.5 Å². The van der Waals surface area contributed by atoms with Crippen molar-refractivity contribution in [1.82, 2.24) is 4.90 Å². The lowest BCUT2D eigenvalue weighted by Gasteiger charge is -2.27. The van der Waals surface area contributed by atoms with Crippen LogP contribution in [0.1, 0.15) is 27.0 Å². The average molecular weight is 404 g/mol. The Bertz CT molecular complexity index is 963. The van der Waals surface area contributed by atoms with Crippen molar-refractivity contribution in [2.75, 3.05) is 26.3 Å². The number of aromatic hydroxyl groups is 1. The molecule has 2 heterocycles. The van der Waals surface area contributed by atoms with Crippen molar-refractivity contribution in [3.8, 4) is 11.5 Å². The summed E-state index contributed by atoms with van der Waals surface area (Å²) in [5, 5.41) is 10.7. The number of rotatable bonds is 3. The van der Waals surface area contributed by atoms with Crippen molar-refractivity contribution < 1.29 is 23.8 Å². The van der Waals surface area contributed by atoms with Crippen LogP contribution in [-0.2, 0) is 11.3 Å². The molecule has 2 aromatic rings. The van der Waals surface area contributed by atoms with Gasteiger partial charge in [0.15, 0.2) is 5.76 Å². The molecule has 28 heavy (non-hydrogen) atoms. The molecule has 1 saturated heterocycles. The first-order valence-electron chi connectivity index (χ1n) is 8.99. The Morgan fingerprint density at radius 3 is 2.79 bits per heavy atom. The van der Waals surface area contributed by atoms with E-state index in [1.807, 2.05) is 0 Å². The number of phenolic OH excluding ortho intramolecular Hbond substituents is 1. The minimum absolute atomic E-state index is 0.0149. The van der Waals surface area contributed by atoms with Crippen LogP contribution in [0, 0.1) is 12.7 Å². The number of nitrogens with zero attached hydrogens (tertiary/aromatic N) is 1. The summed E-state index contributed by atoms with van der Waals surface area (Å²) >= 11 is 6.07. The normalized spacial score (nSPS) is 18.4. The molecule has 5 nitrogen and oxygen atoms in total. The number of ether oxygens (including phenoxy) is 2. The number of ketones is 1. The number of fused-ring (bicyclic) bond motifs is 1. The van der Waals surface area contributed by atoms with E-state index in [0.717, 1.165) is 13.1 Å². The molecule has 2 aromatic carbocycles. The number of allylic oxidation sites excluding steroid dienone is 1. The van der Waals surface area contributed by atoms with E-state index in [2.05, 4.69) is 4.90 Å². The molecule has 0 bridgehead atoms. The van der Waals surface area contributed by atoms with Gasteiger partial charge in [0.05, 0.1) is 29.4 Å². The van der Waals surface area contributed by atoms with E-state index in [0.29, 0.717) is 42.2 Å². The Labute approximate surface area is 166 Å². The third-order valence-corrected chi connectivity index (χ3v) is 5.31. The molecule has 2 aliphatic heterocycles. The van der Waals surface area contributed by atoms with E-state index in [-0.39, 0.29) is 27.9 Å². The van der Waals surface area contributed by atoms with Gasteiger partial charge >= 0.3 is 0 Å². The van der Waals surface area contributed by atoms with E-state index >= 15 is 0 Å². The molecule has 0 unspecified atom stereocenters. The molecule has 0 atom stereocenters. The molecule has 0 saturated carbocycles. The fourth-order valence-corrected chi connectivity index (χ4v) is 3.71. The van der Waals surface area contributed by atoms with Crippen LogP contribution in [0.3, 0.4) is 0 Å². The summed E-state index contributed by atoms with van der Waals surface area (Å²) in [6.45, 7) is 4.85. The van der Waals surface area contributed by atoms with Crippen LogP contribution in [0.15, 0.2) is 30.0 Å². The highest BCUT2D eigenvalue weighted by Crippen LogP contribution is 2.42. The lowest BCUT2D eigenvalue weighted by atomic mass is 9.99. The minimum Gasteiger partial charge on any atom is -0.507 e. The third-order valence-electron chi connectivity index (χ3n) is 4.98. The lowest BCUT2D eigenvalue weighted by Crippen LogP contribution is -2.35. The van der Waals surface area contributed by atoms with Gasteiger partial charge in [0.1, 0.15) is 17.3 Å². The van der Waals surface area contributed by atoms with Gasteiger partial charge in [0.2, 0.25) is 5.78 Å². The number of benzene rings is 2. The average Bonchev–Trinajstić information content (AvgIpc) is 2.99. The van der Waals surface area contributed by atoms with Gasteiger partial charge in [-0.25, -0.2) is 4.39 Å². The number of phenols is 1. The summed E-state index contributed by atoms with van der Waals surface area (Å²) in [5.41, 5.74) is 1.63. The van der Waals surface area contributed by atoms with Gasteiger partial charge in [-0.15, -0.1) is 0 Å². The number of hydrogen-bond acceptors (Lipinski definition) is 5. The van der Waals surface area contributed by atoms with E-state index in [1.54, 1.807) is 19.1 Å². The van der Waals surface area contributed by atoms with Crippen LogP contribution in [0.4, 0.5) is 4.39 Å². The second-order valence-corrected chi connectivity index (χ2v) is 7.27.